The molecule has 98 valence electrons. The maximum absolute atomic E-state index is 13.3. The van der Waals surface area contributed by atoms with Crippen molar-refractivity contribution in [3.63, 3.8) is 0 Å². The minimum Gasteiger partial charge on any atom is -0.370 e. The third-order valence-corrected chi connectivity index (χ3v) is 4.14. The molecule has 1 aromatic carbocycles. The van der Waals surface area contributed by atoms with Gasteiger partial charge >= 0.3 is 0 Å². The second kappa shape index (κ2) is 4.19. The first-order chi connectivity index (χ1) is 8.57. The van der Waals surface area contributed by atoms with Gasteiger partial charge in [-0.25, -0.2) is 8.78 Å². The molecule has 0 amide bonds. The number of hydrogen-bond acceptors (Lipinski definition) is 2. The van der Waals surface area contributed by atoms with Crippen molar-refractivity contribution in [3.8, 4) is 0 Å². The molecule has 1 fully saturated rings. The first-order valence-electron chi connectivity index (χ1n) is 6.51. The van der Waals surface area contributed by atoms with Gasteiger partial charge in [0.1, 0.15) is 0 Å². The lowest BCUT2D eigenvalue weighted by atomic mass is 9.89. The predicted octanol–water partition coefficient (Wildman–Crippen LogP) is 2.33. The zero-order chi connectivity index (χ0) is 12.8. The van der Waals surface area contributed by atoms with Crippen LogP contribution in [0.25, 0.3) is 0 Å². The minimum atomic E-state index is -0.740. The Morgan fingerprint density at radius 3 is 2.83 bits per heavy atom. The van der Waals surface area contributed by atoms with E-state index in [1.54, 1.807) is 0 Å². The first-order valence-corrected chi connectivity index (χ1v) is 6.51. The van der Waals surface area contributed by atoms with Crippen molar-refractivity contribution >= 4 is 5.69 Å². The highest BCUT2D eigenvalue weighted by Gasteiger charge is 2.33. The van der Waals surface area contributed by atoms with E-state index in [2.05, 4.69) is 17.1 Å². The monoisotopic (exact) mass is 252 g/mol. The molecule has 0 spiro atoms. The van der Waals surface area contributed by atoms with Crippen LogP contribution in [-0.2, 0) is 6.42 Å². The van der Waals surface area contributed by atoms with Crippen LogP contribution in [0, 0.1) is 17.0 Å². The molecule has 1 saturated heterocycles. The molecule has 1 atom stereocenters. The van der Waals surface area contributed by atoms with Gasteiger partial charge in [0.2, 0.25) is 0 Å². The van der Waals surface area contributed by atoms with E-state index in [1.807, 2.05) is 0 Å². The topological polar surface area (TPSA) is 15.3 Å². The number of halogens is 2. The number of fused-ring (bicyclic) bond motifs is 1. The van der Waals surface area contributed by atoms with E-state index in [4.69, 9.17) is 0 Å². The van der Waals surface area contributed by atoms with Crippen molar-refractivity contribution in [3.05, 3.63) is 29.3 Å². The predicted molar refractivity (Wildman–Crippen MR) is 67.9 cm³/mol. The Morgan fingerprint density at radius 1 is 1.33 bits per heavy atom. The fraction of sp³-hybridized carbons (Fsp3) is 0.571. The van der Waals surface area contributed by atoms with Crippen LogP contribution in [0.2, 0.25) is 0 Å². The van der Waals surface area contributed by atoms with Crippen molar-refractivity contribution < 1.29 is 8.78 Å². The summed E-state index contributed by atoms with van der Waals surface area (Å²) in [5.74, 6) is -1.47. The summed E-state index contributed by atoms with van der Waals surface area (Å²) in [7, 11) is 0. The second-order valence-corrected chi connectivity index (χ2v) is 5.80. The van der Waals surface area contributed by atoms with Gasteiger partial charge in [-0.3, -0.25) is 0 Å². The molecule has 18 heavy (non-hydrogen) atoms. The standard InChI is InChI=1S/C14H18F2N2/c1-14(3-4-17-8-14)9-18-5-2-10-6-11(15)12(16)7-13(10)18/h6-7,17H,2-5,8-9H2,1H3. The highest BCUT2D eigenvalue weighted by molar-refractivity contribution is 5.58. The summed E-state index contributed by atoms with van der Waals surface area (Å²) in [5, 5.41) is 3.37. The molecule has 1 N–H and O–H groups in total. The molecule has 3 rings (SSSR count). The van der Waals surface area contributed by atoms with Crippen LogP contribution in [0.15, 0.2) is 12.1 Å². The molecule has 0 radical (unpaired) electrons. The van der Waals surface area contributed by atoms with Crippen LogP contribution < -0.4 is 10.2 Å². The van der Waals surface area contributed by atoms with E-state index in [0.29, 0.717) is 0 Å². The van der Waals surface area contributed by atoms with Gasteiger partial charge < -0.3 is 10.2 Å². The number of anilines is 1. The summed E-state index contributed by atoms with van der Waals surface area (Å²) in [6, 6.07) is 2.70. The summed E-state index contributed by atoms with van der Waals surface area (Å²) in [6.45, 7) is 6.09. The van der Waals surface area contributed by atoms with E-state index < -0.39 is 11.6 Å². The summed E-state index contributed by atoms with van der Waals surface area (Å²) in [6.07, 6.45) is 1.96. The van der Waals surface area contributed by atoms with Crippen molar-refractivity contribution in [2.24, 2.45) is 5.41 Å². The summed E-state index contributed by atoms with van der Waals surface area (Å²) in [4.78, 5) is 2.20. The van der Waals surface area contributed by atoms with E-state index >= 15 is 0 Å². The molecule has 0 bridgehead atoms. The Hall–Kier alpha value is -1.16. The van der Waals surface area contributed by atoms with E-state index in [1.165, 1.54) is 12.1 Å². The molecular formula is C14H18F2N2. The zero-order valence-corrected chi connectivity index (χ0v) is 10.6. The average Bonchev–Trinajstić information content (AvgIpc) is 2.89. The molecule has 2 nitrogen and oxygen atoms in total. The van der Waals surface area contributed by atoms with Gasteiger partial charge in [0.05, 0.1) is 0 Å². The molecule has 0 saturated carbocycles. The Bertz CT molecular complexity index is 467. The Balaban J connectivity index is 1.84. The van der Waals surface area contributed by atoms with E-state index in [9.17, 15) is 8.78 Å². The average molecular weight is 252 g/mol. The van der Waals surface area contributed by atoms with Crippen LogP contribution in [0.3, 0.4) is 0 Å². The number of benzene rings is 1. The van der Waals surface area contributed by atoms with Gasteiger partial charge in [-0.05, 0) is 36.4 Å². The number of nitrogens with zero attached hydrogens (tertiary/aromatic N) is 1. The van der Waals surface area contributed by atoms with Crippen molar-refractivity contribution in [2.75, 3.05) is 31.1 Å². The van der Waals surface area contributed by atoms with Gasteiger partial charge in [-0.2, -0.15) is 0 Å². The Labute approximate surface area is 106 Å². The molecule has 2 aliphatic rings. The number of hydrogen-bond donors (Lipinski definition) is 1. The summed E-state index contributed by atoms with van der Waals surface area (Å²) in [5.41, 5.74) is 2.05. The summed E-state index contributed by atoms with van der Waals surface area (Å²) < 4.78 is 26.5. The maximum Gasteiger partial charge on any atom is 0.160 e. The van der Waals surface area contributed by atoms with Gasteiger partial charge in [0.15, 0.2) is 11.6 Å². The molecule has 1 aromatic rings. The van der Waals surface area contributed by atoms with Crippen molar-refractivity contribution in [1.29, 1.82) is 0 Å². The maximum atomic E-state index is 13.3. The van der Waals surface area contributed by atoms with Crippen LogP contribution in [0.5, 0.6) is 0 Å². The lowest BCUT2D eigenvalue weighted by Gasteiger charge is -2.31. The van der Waals surface area contributed by atoms with Crippen molar-refractivity contribution in [1.82, 2.24) is 5.32 Å². The molecule has 0 aliphatic carbocycles. The highest BCUT2D eigenvalue weighted by atomic mass is 19.2. The molecule has 4 heteroatoms. The molecular weight excluding hydrogens is 234 g/mol. The molecule has 2 heterocycles. The quantitative estimate of drug-likeness (QED) is 0.869. The largest absolute Gasteiger partial charge is 0.370 e. The molecule has 2 aliphatic heterocycles. The third kappa shape index (κ3) is 1.99. The summed E-state index contributed by atoms with van der Waals surface area (Å²) >= 11 is 0. The molecule has 1 unspecified atom stereocenters. The van der Waals surface area contributed by atoms with Gasteiger partial charge in [0, 0.05) is 31.4 Å². The Kier molecular flexibility index (Phi) is 2.77. The lowest BCUT2D eigenvalue weighted by Crippen LogP contribution is -2.36. The smallest absolute Gasteiger partial charge is 0.160 e. The zero-order valence-electron chi connectivity index (χ0n) is 10.6. The lowest BCUT2D eigenvalue weighted by molar-refractivity contribution is 0.367. The van der Waals surface area contributed by atoms with E-state index in [0.717, 1.165) is 50.3 Å². The van der Waals surface area contributed by atoms with E-state index in [-0.39, 0.29) is 5.41 Å². The van der Waals surface area contributed by atoms with Gasteiger partial charge in [0.25, 0.3) is 0 Å². The van der Waals surface area contributed by atoms with Crippen molar-refractivity contribution in [2.45, 2.75) is 19.8 Å². The van der Waals surface area contributed by atoms with Gasteiger partial charge in [-0.15, -0.1) is 0 Å². The fourth-order valence-electron chi connectivity index (χ4n) is 3.08. The second-order valence-electron chi connectivity index (χ2n) is 5.80. The van der Waals surface area contributed by atoms with Gasteiger partial charge in [-0.1, -0.05) is 6.92 Å². The van der Waals surface area contributed by atoms with Crippen LogP contribution in [-0.4, -0.2) is 26.2 Å². The van der Waals surface area contributed by atoms with Crippen LogP contribution in [0.1, 0.15) is 18.9 Å². The molecule has 0 aromatic heterocycles. The highest BCUT2D eigenvalue weighted by Crippen LogP contribution is 2.34. The normalized spacial score (nSPS) is 26.7. The first kappa shape index (κ1) is 11.9. The SMILES string of the molecule is CC1(CN2CCc3cc(F)c(F)cc32)CCNC1. The third-order valence-electron chi connectivity index (χ3n) is 4.14. The number of nitrogens with one attached hydrogen (secondary N) is 1. The minimum absolute atomic E-state index is 0.243. The van der Waals surface area contributed by atoms with Crippen LogP contribution >= 0.6 is 0 Å². The fourth-order valence-corrected chi connectivity index (χ4v) is 3.08. The Morgan fingerprint density at radius 2 is 2.11 bits per heavy atom. The number of rotatable bonds is 2. The van der Waals surface area contributed by atoms with Crippen LogP contribution in [0.4, 0.5) is 14.5 Å².